The molecule has 7 nitrogen and oxygen atoms in total. The molecule has 1 saturated heterocycles. The molecule has 1 aromatic rings. The van der Waals surface area contributed by atoms with Crippen LogP contribution in [0.25, 0.3) is 0 Å². The maximum atomic E-state index is 12.1. The monoisotopic (exact) mass is 288 g/mol. The Bertz CT molecular complexity index is 620. The molecule has 0 bridgehead atoms. The summed E-state index contributed by atoms with van der Waals surface area (Å²) in [5.41, 5.74) is 0.798. The Labute approximate surface area is 119 Å². The molecule has 2 heterocycles. The molecule has 0 unspecified atom stereocenters. The highest BCUT2D eigenvalue weighted by atomic mass is 16.6. The Morgan fingerprint density at radius 1 is 1.05 bits per heavy atom. The molecule has 0 saturated carbocycles. The molecule has 2 aliphatic rings. The van der Waals surface area contributed by atoms with Crippen LogP contribution in [0.3, 0.4) is 0 Å². The van der Waals surface area contributed by atoms with Gasteiger partial charge < -0.3 is 10.1 Å². The molecule has 1 N–H and O–H groups in total. The van der Waals surface area contributed by atoms with Crippen molar-refractivity contribution >= 4 is 23.9 Å². The minimum absolute atomic E-state index is 0.200. The summed E-state index contributed by atoms with van der Waals surface area (Å²) in [4.78, 5) is 47.5. The van der Waals surface area contributed by atoms with Crippen LogP contribution in [0, 0.1) is 0 Å². The lowest BCUT2D eigenvalue weighted by Gasteiger charge is -2.14. The lowest BCUT2D eigenvalue weighted by atomic mass is 10.1. The van der Waals surface area contributed by atoms with Crippen LogP contribution < -0.4 is 5.32 Å². The third-order valence-electron chi connectivity index (χ3n) is 3.52. The predicted molar refractivity (Wildman–Crippen MR) is 69.5 cm³/mol. The van der Waals surface area contributed by atoms with Gasteiger partial charge in [-0.25, -0.2) is 9.59 Å². The summed E-state index contributed by atoms with van der Waals surface area (Å²) in [6, 6.07) is 5.94. The second-order valence-corrected chi connectivity index (χ2v) is 4.86. The SMILES string of the molecule is O=C1N[C@H](CCCN2C(=O)c3ccccc3C2=O)C(=O)O1. The number of esters is 1. The summed E-state index contributed by atoms with van der Waals surface area (Å²) >= 11 is 0. The molecule has 2 aliphatic heterocycles. The molecule has 7 heteroatoms. The fourth-order valence-electron chi connectivity index (χ4n) is 2.48. The average molecular weight is 288 g/mol. The Kier molecular flexibility index (Phi) is 3.17. The molecule has 0 radical (unpaired) electrons. The molecule has 3 amide bonds. The van der Waals surface area contributed by atoms with Gasteiger partial charge in [-0.2, -0.15) is 0 Å². The number of nitrogens with zero attached hydrogens (tertiary/aromatic N) is 1. The smallest absolute Gasteiger partial charge is 0.375 e. The lowest BCUT2D eigenvalue weighted by Crippen LogP contribution is -2.33. The first kappa shape index (κ1) is 13.3. The van der Waals surface area contributed by atoms with Gasteiger partial charge in [0.2, 0.25) is 0 Å². The van der Waals surface area contributed by atoms with Gasteiger partial charge in [0.25, 0.3) is 11.8 Å². The predicted octanol–water partition coefficient (Wildman–Crippen LogP) is 0.698. The highest BCUT2D eigenvalue weighted by molar-refractivity contribution is 6.21. The van der Waals surface area contributed by atoms with Gasteiger partial charge in [-0.15, -0.1) is 0 Å². The van der Waals surface area contributed by atoms with Crippen molar-refractivity contribution in [3.05, 3.63) is 35.4 Å². The fraction of sp³-hybridized carbons (Fsp3) is 0.286. The number of carbonyl (C=O) groups is 4. The number of hydrogen-bond donors (Lipinski definition) is 1. The van der Waals surface area contributed by atoms with E-state index >= 15 is 0 Å². The first-order valence-electron chi connectivity index (χ1n) is 6.55. The van der Waals surface area contributed by atoms with Crippen LogP contribution in [-0.2, 0) is 9.53 Å². The third-order valence-corrected chi connectivity index (χ3v) is 3.52. The number of ether oxygens (including phenoxy) is 1. The number of hydrogen-bond acceptors (Lipinski definition) is 5. The Morgan fingerprint density at radius 2 is 1.67 bits per heavy atom. The molecule has 108 valence electrons. The van der Waals surface area contributed by atoms with Crippen molar-refractivity contribution in [3.63, 3.8) is 0 Å². The van der Waals surface area contributed by atoms with E-state index in [4.69, 9.17) is 0 Å². The lowest BCUT2D eigenvalue weighted by molar-refractivity contribution is -0.135. The van der Waals surface area contributed by atoms with Crippen LogP contribution in [0.15, 0.2) is 24.3 Å². The van der Waals surface area contributed by atoms with E-state index in [-0.39, 0.29) is 18.4 Å². The molecular formula is C14H12N2O5. The minimum atomic E-state index is -0.759. The van der Waals surface area contributed by atoms with E-state index in [2.05, 4.69) is 10.1 Å². The van der Waals surface area contributed by atoms with Gasteiger partial charge in [0.15, 0.2) is 0 Å². The zero-order chi connectivity index (χ0) is 15.0. The summed E-state index contributed by atoms with van der Waals surface area (Å²) in [5.74, 6) is -1.27. The molecule has 0 spiro atoms. The number of nitrogens with one attached hydrogen (secondary N) is 1. The van der Waals surface area contributed by atoms with Crippen molar-refractivity contribution in [1.82, 2.24) is 10.2 Å². The standard InChI is InChI=1S/C14H12N2O5/c17-11-8-4-1-2-5-9(8)12(18)16(11)7-3-6-10-13(19)21-14(20)15-10/h1-2,4-5,10H,3,6-7H2,(H,15,20)/t10-/m1/s1. The van der Waals surface area contributed by atoms with Gasteiger partial charge in [0.05, 0.1) is 11.1 Å². The Morgan fingerprint density at radius 3 is 2.19 bits per heavy atom. The van der Waals surface area contributed by atoms with Crippen LogP contribution in [0.5, 0.6) is 0 Å². The molecule has 21 heavy (non-hydrogen) atoms. The van der Waals surface area contributed by atoms with E-state index in [0.717, 1.165) is 4.90 Å². The molecule has 1 fully saturated rings. The number of fused-ring (bicyclic) bond motifs is 1. The van der Waals surface area contributed by atoms with Crippen molar-refractivity contribution in [1.29, 1.82) is 0 Å². The first-order valence-corrected chi connectivity index (χ1v) is 6.55. The van der Waals surface area contributed by atoms with E-state index < -0.39 is 18.1 Å². The van der Waals surface area contributed by atoms with Crippen molar-refractivity contribution in [2.75, 3.05) is 6.54 Å². The van der Waals surface area contributed by atoms with Crippen molar-refractivity contribution in [3.8, 4) is 0 Å². The molecular weight excluding hydrogens is 276 g/mol. The van der Waals surface area contributed by atoms with Gasteiger partial charge in [-0.05, 0) is 25.0 Å². The van der Waals surface area contributed by atoms with E-state index in [9.17, 15) is 19.2 Å². The zero-order valence-corrected chi connectivity index (χ0v) is 11.0. The average Bonchev–Trinajstić information content (AvgIpc) is 2.91. The number of rotatable bonds is 4. The van der Waals surface area contributed by atoms with Gasteiger partial charge in [-0.1, -0.05) is 12.1 Å². The van der Waals surface area contributed by atoms with Gasteiger partial charge in [0, 0.05) is 6.54 Å². The molecule has 1 atom stereocenters. The largest absolute Gasteiger partial charge is 0.415 e. The van der Waals surface area contributed by atoms with Crippen LogP contribution in [0.1, 0.15) is 33.6 Å². The van der Waals surface area contributed by atoms with Crippen LogP contribution in [0.4, 0.5) is 4.79 Å². The zero-order valence-electron chi connectivity index (χ0n) is 11.0. The Hall–Kier alpha value is -2.70. The topological polar surface area (TPSA) is 92.8 Å². The maximum absolute atomic E-state index is 12.1. The Balaban J connectivity index is 1.60. The summed E-state index contributed by atoms with van der Waals surface area (Å²) in [6.45, 7) is 0.200. The van der Waals surface area contributed by atoms with Crippen molar-refractivity contribution < 1.29 is 23.9 Å². The summed E-state index contributed by atoms with van der Waals surface area (Å²) in [7, 11) is 0. The molecule has 1 aromatic carbocycles. The minimum Gasteiger partial charge on any atom is -0.375 e. The van der Waals surface area contributed by atoms with Gasteiger partial charge in [0.1, 0.15) is 6.04 Å². The number of cyclic esters (lactones) is 2. The summed E-state index contributed by atoms with van der Waals surface area (Å²) < 4.78 is 4.35. The molecule has 3 rings (SSSR count). The number of amides is 3. The van der Waals surface area contributed by atoms with E-state index in [0.29, 0.717) is 24.0 Å². The quantitative estimate of drug-likeness (QED) is 0.500. The number of carbonyl (C=O) groups excluding carboxylic acids is 4. The van der Waals surface area contributed by atoms with Gasteiger partial charge >= 0.3 is 12.1 Å². The number of imide groups is 1. The van der Waals surface area contributed by atoms with Crippen molar-refractivity contribution in [2.45, 2.75) is 18.9 Å². The van der Waals surface area contributed by atoms with Gasteiger partial charge in [-0.3, -0.25) is 14.5 Å². The first-order chi connectivity index (χ1) is 10.1. The summed E-state index contributed by atoms with van der Waals surface area (Å²) in [5, 5.41) is 2.37. The number of alkyl carbamates (subject to hydrolysis) is 1. The van der Waals surface area contributed by atoms with Crippen LogP contribution in [-0.4, -0.2) is 41.4 Å². The van der Waals surface area contributed by atoms with E-state index in [1.807, 2.05) is 0 Å². The molecule has 0 aliphatic carbocycles. The highest BCUT2D eigenvalue weighted by Crippen LogP contribution is 2.22. The number of benzene rings is 1. The highest BCUT2D eigenvalue weighted by Gasteiger charge is 2.36. The van der Waals surface area contributed by atoms with Crippen molar-refractivity contribution in [2.24, 2.45) is 0 Å². The van der Waals surface area contributed by atoms with E-state index in [1.165, 1.54) is 0 Å². The normalized spacial score (nSPS) is 20.6. The van der Waals surface area contributed by atoms with E-state index in [1.54, 1.807) is 24.3 Å². The van der Waals surface area contributed by atoms with Crippen LogP contribution in [0.2, 0.25) is 0 Å². The fourth-order valence-corrected chi connectivity index (χ4v) is 2.48. The maximum Gasteiger partial charge on any atom is 0.415 e. The molecule has 0 aromatic heterocycles. The third kappa shape index (κ3) is 2.26. The second-order valence-electron chi connectivity index (χ2n) is 4.86. The van der Waals surface area contributed by atoms with Crippen LogP contribution >= 0.6 is 0 Å². The summed E-state index contributed by atoms with van der Waals surface area (Å²) in [6.07, 6.45) is -0.0329. The second kappa shape index (κ2) is 5.01.